The van der Waals surface area contributed by atoms with Crippen LogP contribution in [0.25, 0.3) is 0 Å². The Morgan fingerprint density at radius 3 is 2.14 bits per heavy atom. The average molecular weight is 519 g/mol. The molecule has 0 aliphatic carbocycles. The lowest BCUT2D eigenvalue weighted by molar-refractivity contribution is -0.119. The molecule has 3 aromatic rings. The van der Waals surface area contributed by atoms with Crippen LogP contribution in [0.1, 0.15) is 5.56 Å². The number of nitrogens with one attached hydrogen (secondary N) is 1. The van der Waals surface area contributed by atoms with Gasteiger partial charge in [0.2, 0.25) is 0 Å². The van der Waals surface area contributed by atoms with Crippen LogP contribution in [0.2, 0.25) is 0 Å². The standard InChI is InChI=1S/C21H18IN3O3S/c22-18-11-13-19(14-12-18)25(29(27,28)20-9-5-2-6-10-20)16-21(26)24-23-15-17-7-3-1-4-8-17/h1-15H,16H2,(H,24,26)/b23-15-. The number of nitrogens with zero attached hydrogens (tertiary/aromatic N) is 2. The van der Waals surface area contributed by atoms with Crippen LogP contribution < -0.4 is 9.73 Å². The third-order valence-corrected chi connectivity index (χ3v) is 6.44. The molecule has 0 radical (unpaired) electrons. The van der Waals surface area contributed by atoms with Gasteiger partial charge in [-0.05, 0) is 64.6 Å². The van der Waals surface area contributed by atoms with Crippen LogP contribution in [0.4, 0.5) is 5.69 Å². The van der Waals surface area contributed by atoms with Gasteiger partial charge in [0.15, 0.2) is 0 Å². The Hall–Kier alpha value is -2.72. The number of hydrogen-bond donors (Lipinski definition) is 1. The molecule has 0 atom stereocenters. The zero-order valence-electron chi connectivity index (χ0n) is 15.3. The Balaban J connectivity index is 1.83. The van der Waals surface area contributed by atoms with E-state index in [1.165, 1.54) is 18.3 Å². The Bertz CT molecular complexity index is 1090. The second-order valence-corrected chi connectivity index (χ2v) is 9.11. The van der Waals surface area contributed by atoms with E-state index in [2.05, 4.69) is 33.1 Å². The number of benzene rings is 3. The third-order valence-electron chi connectivity index (χ3n) is 3.94. The second kappa shape index (κ2) is 9.66. The molecule has 1 N–H and O–H groups in total. The summed E-state index contributed by atoms with van der Waals surface area (Å²) in [7, 11) is -3.92. The smallest absolute Gasteiger partial charge is 0.264 e. The number of hydrogen-bond acceptors (Lipinski definition) is 4. The predicted molar refractivity (Wildman–Crippen MR) is 122 cm³/mol. The highest BCUT2D eigenvalue weighted by Gasteiger charge is 2.27. The molecule has 0 bridgehead atoms. The van der Waals surface area contributed by atoms with Gasteiger partial charge < -0.3 is 0 Å². The van der Waals surface area contributed by atoms with Crippen molar-refractivity contribution in [2.45, 2.75) is 4.90 Å². The number of hydrazone groups is 1. The minimum Gasteiger partial charge on any atom is -0.271 e. The molecule has 6 nitrogen and oxygen atoms in total. The highest BCUT2D eigenvalue weighted by Crippen LogP contribution is 2.24. The molecule has 0 saturated carbocycles. The van der Waals surface area contributed by atoms with Crippen molar-refractivity contribution >= 4 is 50.4 Å². The van der Waals surface area contributed by atoms with Gasteiger partial charge in [0.05, 0.1) is 16.8 Å². The molecule has 29 heavy (non-hydrogen) atoms. The van der Waals surface area contributed by atoms with Crippen molar-refractivity contribution in [1.29, 1.82) is 0 Å². The Morgan fingerprint density at radius 2 is 1.52 bits per heavy atom. The Labute approximate surface area is 183 Å². The van der Waals surface area contributed by atoms with Crippen LogP contribution in [0.15, 0.2) is 94.9 Å². The van der Waals surface area contributed by atoms with E-state index >= 15 is 0 Å². The first-order valence-electron chi connectivity index (χ1n) is 8.67. The van der Waals surface area contributed by atoms with Crippen LogP contribution in [-0.4, -0.2) is 27.1 Å². The lowest BCUT2D eigenvalue weighted by atomic mass is 10.2. The molecular weight excluding hydrogens is 501 g/mol. The molecule has 0 heterocycles. The molecule has 0 aliphatic rings. The van der Waals surface area contributed by atoms with Gasteiger partial charge in [-0.1, -0.05) is 48.5 Å². The van der Waals surface area contributed by atoms with Gasteiger partial charge in [0.1, 0.15) is 6.54 Å². The van der Waals surface area contributed by atoms with E-state index in [1.807, 2.05) is 30.3 Å². The van der Waals surface area contributed by atoms with Crippen molar-refractivity contribution in [1.82, 2.24) is 5.43 Å². The maximum absolute atomic E-state index is 13.2. The first kappa shape index (κ1) is 21.0. The molecule has 0 aromatic heterocycles. The summed E-state index contributed by atoms with van der Waals surface area (Å²) in [4.78, 5) is 12.5. The van der Waals surface area contributed by atoms with Crippen LogP contribution in [0.5, 0.6) is 0 Å². The fourth-order valence-corrected chi connectivity index (χ4v) is 4.33. The number of carbonyl (C=O) groups excluding carboxylic acids is 1. The molecular formula is C21H18IN3O3S. The quantitative estimate of drug-likeness (QED) is 0.294. The van der Waals surface area contributed by atoms with Gasteiger partial charge in [-0.3, -0.25) is 9.10 Å². The Morgan fingerprint density at radius 1 is 0.931 bits per heavy atom. The van der Waals surface area contributed by atoms with Gasteiger partial charge in [-0.25, -0.2) is 13.8 Å². The van der Waals surface area contributed by atoms with Crippen LogP contribution in [0, 0.1) is 3.57 Å². The summed E-state index contributed by atoms with van der Waals surface area (Å²) in [5.41, 5.74) is 3.61. The zero-order chi connectivity index (χ0) is 20.7. The number of sulfonamides is 1. The van der Waals surface area contributed by atoms with E-state index in [1.54, 1.807) is 42.5 Å². The number of amides is 1. The normalized spacial score (nSPS) is 11.3. The molecule has 3 rings (SSSR count). The van der Waals surface area contributed by atoms with Crippen molar-refractivity contribution in [2.75, 3.05) is 10.8 Å². The maximum atomic E-state index is 13.2. The Kier molecular flexibility index (Phi) is 6.99. The maximum Gasteiger partial charge on any atom is 0.264 e. The van der Waals surface area contributed by atoms with Crippen LogP contribution >= 0.6 is 22.6 Å². The fraction of sp³-hybridized carbons (Fsp3) is 0.0476. The lowest BCUT2D eigenvalue weighted by Gasteiger charge is -2.23. The first-order valence-corrected chi connectivity index (χ1v) is 11.2. The highest BCUT2D eigenvalue weighted by atomic mass is 127. The van der Waals surface area contributed by atoms with E-state index in [0.717, 1.165) is 13.4 Å². The minimum absolute atomic E-state index is 0.110. The van der Waals surface area contributed by atoms with Gasteiger partial charge in [-0.2, -0.15) is 5.10 Å². The minimum atomic E-state index is -3.92. The molecule has 3 aromatic carbocycles. The summed E-state index contributed by atoms with van der Waals surface area (Å²) in [6, 6.07) is 24.2. The monoisotopic (exact) mass is 519 g/mol. The number of carbonyl (C=O) groups is 1. The average Bonchev–Trinajstić information content (AvgIpc) is 2.74. The molecule has 148 valence electrons. The van der Waals surface area contributed by atoms with Gasteiger partial charge >= 0.3 is 0 Å². The summed E-state index contributed by atoms with van der Waals surface area (Å²) in [6.07, 6.45) is 1.50. The van der Waals surface area contributed by atoms with Crippen molar-refractivity contribution < 1.29 is 13.2 Å². The predicted octanol–water partition coefficient (Wildman–Crippen LogP) is 3.64. The van der Waals surface area contributed by atoms with Crippen LogP contribution in [0.3, 0.4) is 0 Å². The molecule has 1 amide bonds. The summed E-state index contributed by atoms with van der Waals surface area (Å²) < 4.78 is 28.3. The van der Waals surface area contributed by atoms with E-state index in [9.17, 15) is 13.2 Å². The largest absolute Gasteiger partial charge is 0.271 e. The van der Waals surface area contributed by atoms with E-state index < -0.39 is 22.5 Å². The highest BCUT2D eigenvalue weighted by molar-refractivity contribution is 14.1. The lowest BCUT2D eigenvalue weighted by Crippen LogP contribution is -2.39. The van der Waals surface area contributed by atoms with Crippen LogP contribution in [-0.2, 0) is 14.8 Å². The number of rotatable bonds is 7. The molecule has 8 heteroatoms. The molecule has 0 aliphatic heterocycles. The fourth-order valence-electron chi connectivity index (χ4n) is 2.53. The van der Waals surface area contributed by atoms with Crippen molar-refractivity contribution in [2.24, 2.45) is 5.10 Å². The topological polar surface area (TPSA) is 78.8 Å². The third kappa shape index (κ3) is 5.64. The van der Waals surface area contributed by atoms with Gasteiger partial charge in [0, 0.05) is 3.57 Å². The summed E-state index contributed by atoms with van der Waals surface area (Å²) in [5.74, 6) is -0.546. The zero-order valence-corrected chi connectivity index (χ0v) is 18.2. The summed E-state index contributed by atoms with van der Waals surface area (Å²) >= 11 is 2.14. The SMILES string of the molecule is O=C(CN(c1ccc(I)cc1)S(=O)(=O)c1ccccc1)N/N=C\c1ccccc1. The summed E-state index contributed by atoms with van der Waals surface area (Å²) in [6.45, 7) is -0.399. The number of halogens is 1. The second-order valence-electron chi connectivity index (χ2n) is 6.01. The molecule has 0 unspecified atom stereocenters. The summed E-state index contributed by atoms with van der Waals surface area (Å²) in [5, 5.41) is 3.91. The van der Waals surface area contributed by atoms with E-state index in [4.69, 9.17) is 0 Å². The van der Waals surface area contributed by atoms with Gasteiger partial charge in [-0.15, -0.1) is 0 Å². The van der Waals surface area contributed by atoms with E-state index in [0.29, 0.717) is 5.69 Å². The number of anilines is 1. The first-order chi connectivity index (χ1) is 14.0. The van der Waals surface area contributed by atoms with Crippen molar-refractivity contribution in [3.63, 3.8) is 0 Å². The van der Waals surface area contributed by atoms with Gasteiger partial charge in [0.25, 0.3) is 15.9 Å². The van der Waals surface area contributed by atoms with E-state index in [-0.39, 0.29) is 4.90 Å². The van der Waals surface area contributed by atoms with Crippen molar-refractivity contribution in [3.05, 3.63) is 94.1 Å². The molecule has 0 fully saturated rings. The van der Waals surface area contributed by atoms with Crippen molar-refractivity contribution in [3.8, 4) is 0 Å². The molecule has 0 saturated heterocycles. The molecule has 0 spiro atoms.